The average Bonchev–Trinajstić information content (AvgIpc) is 2.59. The van der Waals surface area contributed by atoms with Crippen LogP contribution in [0.4, 0.5) is 0 Å². The van der Waals surface area contributed by atoms with Gasteiger partial charge >= 0.3 is 5.97 Å². The zero-order chi connectivity index (χ0) is 17.5. The SMILES string of the molecule is CCCC(CNC(=O)c1ccc(=O)n(-c2ccccc2)n1)C(=O)O. The number of benzene rings is 1. The molecule has 1 amide bonds. The zero-order valence-electron chi connectivity index (χ0n) is 13.3. The van der Waals surface area contributed by atoms with Gasteiger partial charge in [-0.3, -0.25) is 14.4 Å². The second-order valence-electron chi connectivity index (χ2n) is 5.34. The molecule has 0 aliphatic heterocycles. The molecule has 24 heavy (non-hydrogen) atoms. The number of carboxylic acid groups (broad SMARTS) is 1. The van der Waals surface area contributed by atoms with E-state index < -0.39 is 17.8 Å². The second-order valence-corrected chi connectivity index (χ2v) is 5.34. The van der Waals surface area contributed by atoms with Crippen LogP contribution in [0, 0.1) is 5.92 Å². The van der Waals surface area contributed by atoms with Gasteiger partial charge in [-0.25, -0.2) is 0 Å². The minimum Gasteiger partial charge on any atom is -0.481 e. The number of aliphatic carboxylic acids is 1. The minimum atomic E-state index is -0.945. The number of rotatable bonds is 7. The molecule has 0 bridgehead atoms. The van der Waals surface area contributed by atoms with E-state index in [0.29, 0.717) is 18.5 Å². The molecule has 0 radical (unpaired) electrons. The van der Waals surface area contributed by atoms with E-state index >= 15 is 0 Å². The van der Waals surface area contributed by atoms with Gasteiger partial charge in [0.15, 0.2) is 0 Å². The Bertz CT molecular complexity index is 771. The third-order valence-electron chi connectivity index (χ3n) is 3.53. The predicted molar refractivity (Wildman–Crippen MR) is 88.2 cm³/mol. The number of hydrogen-bond donors (Lipinski definition) is 2. The van der Waals surface area contributed by atoms with E-state index in [1.165, 1.54) is 12.1 Å². The van der Waals surface area contributed by atoms with E-state index in [9.17, 15) is 14.4 Å². The Morgan fingerprint density at radius 1 is 1.21 bits per heavy atom. The summed E-state index contributed by atoms with van der Waals surface area (Å²) in [6.45, 7) is 1.91. The van der Waals surface area contributed by atoms with Crippen molar-refractivity contribution in [3.63, 3.8) is 0 Å². The van der Waals surface area contributed by atoms with Crippen molar-refractivity contribution in [3.05, 3.63) is 58.5 Å². The number of carbonyl (C=O) groups is 2. The fraction of sp³-hybridized carbons (Fsp3) is 0.294. The van der Waals surface area contributed by atoms with Gasteiger partial charge in [-0.1, -0.05) is 31.5 Å². The molecular formula is C17H19N3O4. The van der Waals surface area contributed by atoms with Crippen LogP contribution in [0.15, 0.2) is 47.3 Å². The van der Waals surface area contributed by atoms with E-state index in [4.69, 9.17) is 5.11 Å². The van der Waals surface area contributed by atoms with Crippen molar-refractivity contribution in [1.29, 1.82) is 0 Å². The first-order valence-corrected chi connectivity index (χ1v) is 7.69. The van der Waals surface area contributed by atoms with Crippen LogP contribution in [0.5, 0.6) is 0 Å². The molecule has 126 valence electrons. The maximum absolute atomic E-state index is 12.2. The van der Waals surface area contributed by atoms with Gasteiger partial charge in [0.2, 0.25) is 0 Å². The normalized spacial score (nSPS) is 11.7. The van der Waals surface area contributed by atoms with Crippen LogP contribution in [0.1, 0.15) is 30.3 Å². The summed E-state index contributed by atoms with van der Waals surface area (Å²) in [7, 11) is 0. The van der Waals surface area contributed by atoms with E-state index in [2.05, 4.69) is 10.4 Å². The summed E-state index contributed by atoms with van der Waals surface area (Å²) in [5.74, 6) is -2.10. The summed E-state index contributed by atoms with van der Waals surface area (Å²) in [5, 5.41) is 15.7. The number of amides is 1. The molecule has 1 aromatic carbocycles. The van der Waals surface area contributed by atoms with Crippen LogP contribution >= 0.6 is 0 Å². The number of hydrogen-bond acceptors (Lipinski definition) is 4. The zero-order valence-corrected chi connectivity index (χ0v) is 13.3. The fourth-order valence-electron chi connectivity index (χ4n) is 2.25. The van der Waals surface area contributed by atoms with Gasteiger partial charge in [0, 0.05) is 12.6 Å². The molecule has 2 N–H and O–H groups in total. The Morgan fingerprint density at radius 3 is 2.54 bits per heavy atom. The Kier molecular flexibility index (Phi) is 5.83. The highest BCUT2D eigenvalue weighted by molar-refractivity contribution is 5.92. The Labute approximate surface area is 138 Å². The third-order valence-corrected chi connectivity index (χ3v) is 3.53. The number of carboxylic acids is 1. The molecule has 0 fully saturated rings. The highest BCUT2D eigenvalue weighted by Crippen LogP contribution is 2.06. The standard InChI is InChI=1S/C17H19N3O4/c1-2-6-12(17(23)24)11-18-16(22)14-9-10-15(21)20(19-14)13-7-4-3-5-8-13/h3-5,7-10,12H,2,6,11H2,1H3,(H,18,22)(H,23,24). The van der Waals surface area contributed by atoms with Crippen LogP contribution in [0.25, 0.3) is 5.69 Å². The molecule has 7 nitrogen and oxygen atoms in total. The number of para-hydroxylation sites is 1. The molecule has 2 rings (SSSR count). The molecule has 0 aliphatic rings. The van der Waals surface area contributed by atoms with Crippen LogP contribution in [-0.2, 0) is 4.79 Å². The first kappa shape index (κ1) is 17.4. The van der Waals surface area contributed by atoms with Gasteiger partial charge in [-0.15, -0.1) is 0 Å². The Hall–Kier alpha value is -2.96. The molecular weight excluding hydrogens is 310 g/mol. The lowest BCUT2D eigenvalue weighted by Crippen LogP contribution is -2.34. The molecule has 1 atom stereocenters. The first-order valence-electron chi connectivity index (χ1n) is 7.69. The molecule has 7 heteroatoms. The van der Waals surface area contributed by atoms with Crippen molar-refractivity contribution in [1.82, 2.24) is 15.1 Å². The highest BCUT2D eigenvalue weighted by atomic mass is 16.4. The lowest BCUT2D eigenvalue weighted by molar-refractivity contribution is -0.141. The summed E-state index contributed by atoms with van der Waals surface area (Å²) < 4.78 is 1.13. The predicted octanol–water partition coefficient (Wildman–Crippen LogP) is 1.46. The van der Waals surface area contributed by atoms with Gasteiger partial charge in [0.1, 0.15) is 5.69 Å². The third kappa shape index (κ3) is 4.28. The summed E-state index contributed by atoms with van der Waals surface area (Å²) in [6.07, 6.45) is 1.19. The van der Waals surface area contributed by atoms with Gasteiger partial charge in [0.05, 0.1) is 11.6 Å². The average molecular weight is 329 g/mol. The lowest BCUT2D eigenvalue weighted by Gasteiger charge is -2.12. The fourth-order valence-corrected chi connectivity index (χ4v) is 2.25. The largest absolute Gasteiger partial charge is 0.481 e. The molecule has 0 spiro atoms. The van der Waals surface area contributed by atoms with Crippen LogP contribution < -0.4 is 10.9 Å². The Balaban J connectivity index is 2.16. The second kappa shape index (κ2) is 8.05. The van der Waals surface area contributed by atoms with Crippen molar-refractivity contribution >= 4 is 11.9 Å². The van der Waals surface area contributed by atoms with E-state index in [0.717, 1.165) is 4.68 Å². The maximum Gasteiger partial charge on any atom is 0.308 e. The van der Waals surface area contributed by atoms with E-state index in [1.807, 2.05) is 13.0 Å². The molecule has 0 saturated heterocycles. The summed E-state index contributed by atoms with van der Waals surface area (Å²) in [6, 6.07) is 11.3. The maximum atomic E-state index is 12.2. The number of nitrogens with one attached hydrogen (secondary N) is 1. The van der Waals surface area contributed by atoms with E-state index in [1.54, 1.807) is 24.3 Å². The first-order chi connectivity index (χ1) is 11.5. The monoisotopic (exact) mass is 329 g/mol. The van der Waals surface area contributed by atoms with Crippen molar-refractivity contribution in [2.45, 2.75) is 19.8 Å². The van der Waals surface area contributed by atoms with Gasteiger partial charge in [0.25, 0.3) is 11.5 Å². The number of carbonyl (C=O) groups excluding carboxylic acids is 1. The molecule has 2 aromatic rings. The topological polar surface area (TPSA) is 101 Å². The van der Waals surface area contributed by atoms with Crippen molar-refractivity contribution in [2.24, 2.45) is 5.92 Å². The van der Waals surface area contributed by atoms with Gasteiger partial charge in [-0.05, 0) is 24.6 Å². The molecule has 0 saturated carbocycles. The highest BCUT2D eigenvalue weighted by Gasteiger charge is 2.18. The molecule has 1 unspecified atom stereocenters. The quantitative estimate of drug-likeness (QED) is 0.801. The van der Waals surface area contributed by atoms with Gasteiger partial charge in [-0.2, -0.15) is 9.78 Å². The van der Waals surface area contributed by atoms with Crippen molar-refractivity contribution in [3.8, 4) is 5.69 Å². The lowest BCUT2D eigenvalue weighted by atomic mass is 10.0. The summed E-state index contributed by atoms with van der Waals surface area (Å²) >= 11 is 0. The molecule has 0 aliphatic carbocycles. The van der Waals surface area contributed by atoms with Crippen LogP contribution in [0.3, 0.4) is 0 Å². The number of nitrogens with zero attached hydrogens (tertiary/aromatic N) is 2. The minimum absolute atomic E-state index is 0.0220. The molecule has 1 heterocycles. The Morgan fingerprint density at radius 2 is 1.92 bits per heavy atom. The van der Waals surface area contributed by atoms with Crippen LogP contribution in [-0.4, -0.2) is 33.3 Å². The smallest absolute Gasteiger partial charge is 0.308 e. The van der Waals surface area contributed by atoms with Crippen LogP contribution in [0.2, 0.25) is 0 Å². The van der Waals surface area contributed by atoms with E-state index in [-0.39, 0.29) is 17.8 Å². The number of aromatic nitrogens is 2. The summed E-state index contributed by atoms with van der Waals surface area (Å²) in [4.78, 5) is 35.2. The van der Waals surface area contributed by atoms with Crippen molar-refractivity contribution < 1.29 is 14.7 Å². The van der Waals surface area contributed by atoms with Crippen molar-refractivity contribution in [2.75, 3.05) is 6.54 Å². The molecule has 1 aromatic heterocycles. The summed E-state index contributed by atoms with van der Waals surface area (Å²) in [5.41, 5.74) is 0.248. The van der Waals surface area contributed by atoms with Gasteiger partial charge < -0.3 is 10.4 Å².